The number of carbonyl (C=O) groups excluding carboxylic acids is 1. The van der Waals surface area contributed by atoms with Crippen molar-refractivity contribution in [1.82, 2.24) is 4.72 Å². The Bertz CT molecular complexity index is 573. The highest BCUT2D eigenvalue weighted by Crippen LogP contribution is 2.04. The zero-order valence-corrected chi connectivity index (χ0v) is 11.2. The number of carbonyl (C=O) groups is 1. The van der Waals surface area contributed by atoms with Crippen LogP contribution in [0.2, 0.25) is 0 Å². The molecule has 19 heavy (non-hydrogen) atoms. The molecule has 1 N–H and O–H groups in total. The fraction of sp³-hybridized carbons (Fsp3) is 0.333. The molecule has 0 saturated carbocycles. The van der Waals surface area contributed by atoms with E-state index in [0.29, 0.717) is 5.56 Å². The number of rotatable bonds is 6. The first-order valence-corrected chi connectivity index (χ1v) is 7.15. The van der Waals surface area contributed by atoms with Crippen LogP contribution in [0.5, 0.6) is 0 Å². The molecule has 1 aromatic rings. The smallest absolute Gasteiger partial charge is 0.306 e. The number of sulfonamides is 1. The number of nitriles is 1. The van der Waals surface area contributed by atoms with Crippen molar-refractivity contribution in [3.05, 3.63) is 35.4 Å². The second kappa shape index (κ2) is 6.87. The largest absolute Gasteiger partial charge is 0.469 e. The topological polar surface area (TPSA) is 96.3 Å². The van der Waals surface area contributed by atoms with Crippen LogP contribution in [-0.4, -0.2) is 27.2 Å². The molecule has 0 fully saturated rings. The Morgan fingerprint density at radius 1 is 1.37 bits per heavy atom. The molecule has 7 heteroatoms. The maximum absolute atomic E-state index is 11.6. The van der Waals surface area contributed by atoms with Gasteiger partial charge in [-0.1, -0.05) is 12.1 Å². The van der Waals surface area contributed by atoms with Crippen LogP contribution in [0, 0.1) is 11.3 Å². The van der Waals surface area contributed by atoms with Crippen molar-refractivity contribution in [3.8, 4) is 6.07 Å². The molecule has 0 aromatic heterocycles. The van der Waals surface area contributed by atoms with Gasteiger partial charge in [0.25, 0.3) is 0 Å². The number of ether oxygens (including phenoxy) is 1. The molecular weight excluding hydrogens is 268 g/mol. The third kappa shape index (κ3) is 5.50. The average Bonchev–Trinajstić information content (AvgIpc) is 2.43. The third-order valence-electron chi connectivity index (χ3n) is 2.38. The van der Waals surface area contributed by atoms with Crippen molar-refractivity contribution in [2.75, 3.05) is 12.9 Å². The summed E-state index contributed by atoms with van der Waals surface area (Å²) in [5.41, 5.74) is 1.25. The molecule has 0 unspecified atom stereocenters. The number of methoxy groups -OCH3 is 1. The minimum absolute atomic E-state index is 0.120. The summed E-state index contributed by atoms with van der Waals surface area (Å²) in [6, 6.07) is 8.53. The monoisotopic (exact) mass is 282 g/mol. The van der Waals surface area contributed by atoms with E-state index in [0.717, 1.165) is 5.56 Å². The van der Waals surface area contributed by atoms with E-state index in [4.69, 9.17) is 5.26 Å². The number of hydrogen-bond donors (Lipinski definition) is 1. The maximum Gasteiger partial charge on any atom is 0.306 e. The predicted octanol–water partition coefficient (Wildman–Crippen LogP) is 0.541. The molecule has 0 saturated heterocycles. The fourth-order valence-electron chi connectivity index (χ4n) is 1.28. The van der Waals surface area contributed by atoms with E-state index >= 15 is 0 Å². The molecule has 0 amide bonds. The number of esters is 1. The first kappa shape index (κ1) is 15.1. The summed E-state index contributed by atoms with van der Waals surface area (Å²) in [5, 5.41) is 8.63. The van der Waals surface area contributed by atoms with E-state index in [2.05, 4.69) is 9.46 Å². The van der Waals surface area contributed by atoms with E-state index in [1.165, 1.54) is 7.11 Å². The van der Waals surface area contributed by atoms with Crippen molar-refractivity contribution >= 4 is 16.0 Å². The Morgan fingerprint density at radius 2 is 2.00 bits per heavy atom. The Labute approximate surface area is 112 Å². The Morgan fingerprint density at radius 3 is 2.53 bits per heavy atom. The number of hydrogen-bond acceptors (Lipinski definition) is 5. The van der Waals surface area contributed by atoms with Gasteiger partial charge in [0.2, 0.25) is 10.0 Å². The van der Waals surface area contributed by atoms with Crippen LogP contribution in [0.25, 0.3) is 0 Å². The highest BCUT2D eigenvalue weighted by Gasteiger charge is 2.13. The minimum atomic E-state index is -3.52. The summed E-state index contributed by atoms with van der Waals surface area (Å²) >= 11 is 0. The van der Waals surface area contributed by atoms with Crippen molar-refractivity contribution in [1.29, 1.82) is 5.26 Å². The SMILES string of the molecule is COC(=O)CCS(=O)(=O)NCc1ccc(C#N)cc1. The molecule has 0 aliphatic heterocycles. The molecule has 0 spiro atoms. The van der Waals surface area contributed by atoms with E-state index in [1.54, 1.807) is 24.3 Å². The molecule has 0 bridgehead atoms. The zero-order chi connectivity index (χ0) is 14.3. The Kier molecular flexibility index (Phi) is 5.48. The van der Waals surface area contributed by atoms with Crippen LogP contribution < -0.4 is 4.72 Å². The Hall–Kier alpha value is -1.91. The summed E-state index contributed by atoms with van der Waals surface area (Å²) in [4.78, 5) is 10.9. The van der Waals surface area contributed by atoms with Crippen LogP contribution in [0.1, 0.15) is 17.5 Å². The molecule has 0 atom stereocenters. The number of nitrogens with zero attached hydrogens (tertiary/aromatic N) is 1. The molecular formula is C12H14N2O4S. The van der Waals surface area contributed by atoms with Gasteiger partial charge in [0, 0.05) is 6.54 Å². The molecule has 0 radical (unpaired) electrons. The summed E-state index contributed by atoms with van der Waals surface area (Å²) in [6.45, 7) is 0.120. The lowest BCUT2D eigenvalue weighted by molar-refractivity contribution is -0.140. The molecule has 1 rings (SSSR count). The number of benzene rings is 1. The fourth-order valence-corrected chi connectivity index (χ4v) is 2.25. The van der Waals surface area contributed by atoms with Gasteiger partial charge >= 0.3 is 5.97 Å². The average molecular weight is 282 g/mol. The molecule has 6 nitrogen and oxygen atoms in total. The summed E-state index contributed by atoms with van der Waals surface area (Å²) in [7, 11) is -2.31. The highest BCUT2D eigenvalue weighted by molar-refractivity contribution is 7.89. The van der Waals surface area contributed by atoms with Gasteiger partial charge in [-0.3, -0.25) is 4.79 Å². The van der Waals surface area contributed by atoms with E-state index in [-0.39, 0.29) is 18.7 Å². The quantitative estimate of drug-likeness (QED) is 0.768. The lowest BCUT2D eigenvalue weighted by Gasteiger charge is -2.06. The van der Waals surface area contributed by atoms with E-state index in [9.17, 15) is 13.2 Å². The molecule has 1 aromatic carbocycles. The van der Waals surface area contributed by atoms with Gasteiger partial charge in [0.05, 0.1) is 30.9 Å². The standard InChI is InChI=1S/C12H14N2O4S/c1-18-12(15)6-7-19(16,17)14-9-11-4-2-10(8-13)3-5-11/h2-5,14H,6-7,9H2,1H3. The van der Waals surface area contributed by atoms with Gasteiger partial charge in [-0.2, -0.15) is 5.26 Å². The van der Waals surface area contributed by atoms with Crippen LogP contribution in [-0.2, 0) is 26.1 Å². The first-order chi connectivity index (χ1) is 8.96. The second-order valence-electron chi connectivity index (χ2n) is 3.77. The van der Waals surface area contributed by atoms with Crippen LogP contribution >= 0.6 is 0 Å². The van der Waals surface area contributed by atoms with E-state index in [1.807, 2.05) is 6.07 Å². The van der Waals surface area contributed by atoms with Gasteiger partial charge in [-0.15, -0.1) is 0 Å². The molecule has 0 aliphatic rings. The zero-order valence-electron chi connectivity index (χ0n) is 10.4. The van der Waals surface area contributed by atoms with Crippen LogP contribution in [0.3, 0.4) is 0 Å². The molecule has 0 aliphatic carbocycles. The first-order valence-electron chi connectivity index (χ1n) is 5.50. The third-order valence-corrected chi connectivity index (χ3v) is 3.71. The van der Waals surface area contributed by atoms with Gasteiger partial charge < -0.3 is 4.74 Å². The predicted molar refractivity (Wildman–Crippen MR) is 68.4 cm³/mol. The lowest BCUT2D eigenvalue weighted by Crippen LogP contribution is -2.27. The van der Waals surface area contributed by atoms with Gasteiger partial charge in [-0.05, 0) is 17.7 Å². The van der Waals surface area contributed by atoms with Crippen LogP contribution in [0.4, 0.5) is 0 Å². The maximum atomic E-state index is 11.6. The van der Waals surface area contributed by atoms with Crippen molar-refractivity contribution in [2.24, 2.45) is 0 Å². The van der Waals surface area contributed by atoms with Gasteiger partial charge in [0.1, 0.15) is 0 Å². The second-order valence-corrected chi connectivity index (χ2v) is 5.70. The summed E-state index contributed by atoms with van der Waals surface area (Å²) < 4.78 is 29.9. The lowest BCUT2D eigenvalue weighted by atomic mass is 10.1. The highest BCUT2D eigenvalue weighted by atomic mass is 32.2. The normalized spacial score (nSPS) is 10.7. The van der Waals surface area contributed by atoms with Crippen LogP contribution in [0.15, 0.2) is 24.3 Å². The Balaban J connectivity index is 2.50. The van der Waals surface area contributed by atoms with E-state index < -0.39 is 16.0 Å². The molecule has 0 heterocycles. The minimum Gasteiger partial charge on any atom is -0.469 e. The summed E-state index contributed by atoms with van der Waals surface area (Å²) in [6.07, 6.45) is -0.181. The molecule has 102 valence electrons. The van der Waals surface area contributed by atoms with Gasteiger partial charge in [-0.25, -0.2) is 13.1 Å². The number of nitrogens with one attached hydrogen (secondary N) is 1. The van der Waals surface area contributed by atoms with Gasteiger partial charge in [0.15, 0.2) is 0 Å². The summed E-state index contributed by atoms with van der Waals surface area (Å²) in [5.74, 6) is -0.876. The van der Waals surface area contributed by atoms with Crippen molar-refractivity contribution in [3.63, 3.8) is 0 Å². The van der Waals surface area contributed by atoms with Crippen molar-refractivity contribution < 1.29 is 17.9 Å². The van der Waals surface area contributed by atoms with Crippen molar-refractivity contribution in [2.45, 2.75) is 13.0 Å².